The molecule has 2 heterocycles. The Morgan fingerprint density at radius 2 is 1.71 bits per heavy atom. The van der Waals surface area contributed by atoms with Crippen molar-refractivity contribution in [2.45, 2.75) is 78.4 Å². The molecule has 0 unspecified atom stereocenters. The Labute approximate surface area is 204 Å². The minimum Gasteiger partial charge on any atom is -0.457 e. The van der Waals surface area contributed by atoms with Crippen molar-refractivity contribution in [3.05, 3.63) is 62.1 Å². The van der Waals surface area contributed by atoms with Crippen LogP contribution in [0.15, 0.2) is 33.9 Å². The first-order chi connectivity index (χ1) is 16.8. The number of hydrogen-bond acceptors (Lipinski definition) is 6. The van der Waals surface area contributed by atoms with Crippen molar-refractivity contribution in [3.8, 4) is 0 Å². The van der Waals surface area contributed by atoms with Crippen LogP contribution in [0, 0.1) is 0 Å². The monoisotopic (exact) mass is 482 g/mol. The summed E-state index contributed by atoms with van der Waals surface area (Å²) >= 11 is 0. The lowest BCUT2D eigenvalue weighted by atomic mass is 10.0. The number of nitrogens with one attached hydrogen (secondary N) is 1. The Balaban J connectivity index is 1.58. The SMILES string of the molecule is CCCCCc1ccc(C(=O)CCC(=O)OCc2nc3c(c(=O)[nH]c(=O)n3CCCC)n2C)cc1. The Bertz CT molecular complexity index is 1280. The van der Waals surface area contributed by atoms with Gasteiger partial charge >= 0.3 is 11.7 Å². The average Bonchev–Trinajstić information content (AvgIpc) is 3.18. The highest BCUT2D eigenvalue weighted by Gasteiger charge is 2.18. The first kappa shape index (κ1) is 26.1. The van der Waals surface area contributed by atoms with Gasteiger partial charge in [-0.15, -0.1) is 0 Å². The van der Waals surface area contributed by atoms with E-state index in [-0.39, 0.29) is 36.4 Å². The van der Waals surface area contributed by atoms with E-state index in [1.807, 2.05) is 31.2 Å². The number of aromatic amines is 1. The van der Waals surface area contributed by atoms with Crippen LogP contribution >= 0.6 is 0 Å². The van der Waals surface area contributed by atoms with E-state index in [0.29, 0.717) is 17.9 Å². The molecule has 1 N–H and O–H groups in total. The van der Waals surface area contributed by atoms with Crippen LogP contribution in [0.1, 0.15) is 80.5 Å². The number of Topliss-reactive ketones (excluding diaryl/α,β-unsaturated/α-hetero) is 1. The van der Waals surface area contributed by atoms with Crippen molar-refractivity contribution in [2.24, 2.45) is 7.05 Å². The van der Waals surface area contributed by atoms with Crippen molar-refractivity contribution in [1.29, 1.82) is 0 Å². The summed E-state index contributed by atoms with van der Waals surface area (Å²) < 4.78 is 8.27. The molecule has 3 aromatic rings. The van der Waals surface area contributed by atoms with Crippen LogP contribution in [0.25, 0.3) is 11.2 Å². The van der Waals surface area contributed by atoms with Gasteiger partial charge in [0.25, 0.3) is 5.56 Å². The number of ketones is 1. The van der Waals surface area contributed by atoms with E-state index in [9.17, 15) is 19.2 Å². The maximum atomic E-state index is 12.5. The molecule has 1 aromatic carbocycles. The summed E-state index contributed by atoms with van der Waals surface area (Å²) in [6.45, 7) is 4.44. The summed E-state index contributed by atoms with van der Waals surface area (Å²) in [6.07, 6.45) is 6.12. The van der Waals surface area contributed by atoms with Gasteiger partial charge < -0.3 is 9.30 Å². The molecule has 0 radical (unpaired) electrons. The van der Waals surface area contributed by atoms with Gasteiger partial charge in [-0.25, -0.2) is 9.78 Å². The average molecular weight is 483 g/mol. The molecule has 35 heavy (non-hydrogen) atoms. The van der Waals surface area contributed by atoms with Crippen molar-refractivity contribution in [3.63, 3.8) is 0 Å². The maximum Gasteiger partial charge on any atom is 0.330 e. The first-order valence-electron chi connectivity index (χ1n) is 12.3. The molecule has 9 nitrogen and oxygen atoms in total. The van der Waals surface area contributed by atoms with Gasteiger partial charge in [-0.1, -0.05) is 57.4 Å². The number of H-pyrrole nitrogens is 1. The van der Waals surface area contributed by atoms with E-state index >= 15 is 0 Å². The van der Waals surface area contributed by atoms with Crippen LogP contribution in [0.2, 0.25) is 0 Å². The highest BCUT2D eigenvalue weighted by Crippen LogP contribution is 2.14. The van der Waals surface area contributed by atoms with E-state index < -0.39 is 17.2 Å². The molecule has 0 aliphatic carbocycles. The molecule has 0 aliphatic heterocycles. The second kappa shape index (κ2) is 12.3. The fraction of sp³-hybridized carbons (Fsp3) is 0.500. The van der Waals surface area contributed by atoms with Crippen molar-refractivity contribution < 1.29 is 14.3 Å². The molecule has 0 aliphatic rings. The van der Waals surface area contributed by atoms with Crippen molar-refractivity contribution >= 4 is 22.9 Å². The molecule has 0 saturated heterocycles. The second-order valence-corrected chi connectivity index (χ2v) is 8.76. The predicted octanol–water partition coefficient (Wildman–Crippen LogP) is 3.66. The second-order valence-electron chi connectivity index (χ2n) is 8.76. The fourth-order valence-electron chi connectivity index (χ4n) is 3.96. The number of rotatable bonds is 13. The molecule has 188 valence electrons. The van der Waals surface area contributed by atoms with Gasteiger partial charge in [-0.3, -0.25) is 23.9 Å². The zero-order chi connectivity index (χ0) is 25.4. The van der Waals surface area contributed by atoms with E-state index in [1.54, 1.807) is 7.05 Å². The zero-order valence-electron chi connectivity index (χ0n) is 20.8. The number of hydrogen-bond donors (Lipinski definition) is 1. The molecular weight excluding hydrogens is 448 g/mol. The summed E-state index contributed by atoms with van der Waals surface area (Å²) in [7, 11) is 1.64. The smallest absolute Gasteiger partial charge is 0.330 e. The summed E-state index contributed by atoms with van der Waals surface area (Å²) in [6, 6.07) is 7.55. The van der Waals surface area contributed by atoms with Crippen LogP contribution in [0.5, 0.6) is 0 Å². The molecule has 3 rings (SSSR count). The molecule has 0 amide bonds. The van der Waals surface area contributed by atoms with Crippen LogP contribution < -0.4 is 11.2 Å². The third kappa shape index (κ3) is 6.55. The predicted molar refractivity (Wildman–Crippen MR) is 134 cm³/mol. The number of aromatic nitrogens is 4. The summed E-state index contributed by atoms with van der Waals surface area (Å²) in [5.41, 5.74) is 1.26. The normalized spacial score (nSPS) is 11.2. The van der Waals surface area contributed by atoms with Crippen molar-refractivity contribution in [1.82, 2.24) is 19.1 Å². The highest BCUT2D eigenvalue weighted by atomic mass is 16.5. The van der Waals surface area contributed by atoms with Crippen LogP contribution in [-0.2, 0) is 36.2 Å². The lowest BCUT2D eigenvalue weighted by Gasteiger charge is -2.06. The zero-order valence-corrected chi connectivity index (χ0v) is 20.8. The van der Waals surface area contributed by atoms with Gasteiger partial charge in [0.1, 0.15) is 12.4 Å². The molecule has 2 aromatic heterocycles. The Morgan fingerprint density at radius 1 is 1.00 bits per heavy atom. The molecule has 0 atom stereocenters. The first-order valence-corrected chi connectivity index (χ1v) is 12.3. The number of imidazole rings is 1. The van der Waals surface area contributed by atoms with E-state index in [0.717, 1.165) is 25.7 Å². The molecule has 0 saturated carbocycles. The number of fused-ring (bicyclic) bond motifs is 1. The van der Waals surface area contributed by atoms with Gasteiger partial charge in [0.05, 0.1) is 6.42 Å². The number of carbonyl (C=O) groups is 2. The number of unbranched alkanes of at least 4 members (excludes halogenated alkanes) is 3. The highest BCUT2D eigenvalue weighted by molar-refractivity contribution is 5.97. The van der Waals surface area contributed by atoms with Crippen LogP contribution in [0.3, 0.4) is 0 Å². The maximum absolute atomic E-state index is 12.5. The Kier molecular flexibility index (Phi) is 9.17. The number of ether oxygens (including phenoxy) is 1. The number of benzene rings is 1. The third-order valence-electron chi connectivity index (χ3n) is 6.10. The van der Waals surface area contributed by atoms with Gasteiger partial charge in [0.2, 0.25) is 0 Å². The molecule has 0 bridgehead atoms. The summed E-state index contributed by atoms with van der Waals surface area (Å²) in [5.74, 6) is -0.296. The number of aryl methyl sites for hydroxylation is 3. The topological polar surface area (TPSA) is 116 Å². The number of carbonyl (C=O) groups excluding carboxylic acids is 2. The fourth-order valence-corrected chi connectivity index (χ4v) is 3.96. The molecular formula is C26H34N4O5. The van der Waals surface area contributed by atoms with Gasteiger partial charge in [-0.2, -0.15) is 0 Å². The van der Waals surface area contributed by atoms with Crippen molar-refractivity contribution in [2.75, 3.05) is 0 Å². The molecule has 0 spiro atoms. The summed E-state index contributed by atoms with van der Waals surface area (Å²) in [5, 5.41) is 0. The number of esters is 1. The largest absolute Gasteiger partial charge is 0.457 e. The van der Waals surface area contributed by atoms with E-state index in [4.69, 9.17) is 4.74 Å². The van der Waals surface area contributed by atoms with E-state index in [2.05, 4.69) is 16.9 Å². The molecule has 0 fully saturated rings. The minimum absolute atomic E-state index is 0.0484. The standard InChI is InChI=1S/C26H34N4O5/c1-4-6-8-9-18-10-12-19(13-11-18)20(31)14-15-22(32)35-17-21-27-24-23(29(21)3)25(33)28-26(34)30(24)16-7-5-2/h10-13H,4-9,14-17H2,1-3H3,(H,28,33,34). The van der Waals surface area contributed by atoms with Gasteiger partial charge in [-0.05, 0) is 24.8 Å². The summed E-state index contributed by atoms with van der Waals surface area (Å²) in [4.78, 5) is 56.0. The quantitative estimate of drug-likeness (QED) is 0.226. The Morgan fingerprint density at radius 3 is 2.40 bits per heavy atom. The Hall–Kier alpha value is -3.49. The van der Waals surface area contributed by atoms with Gasteiger partial charge in [0.15, 0.2) is 16.9 Å². The lowest BCUT2D eigenvalue weighted by molar-refractivity contribution is -0.145. The lowest BCUT2D eigenvalue weighted by Crippen LogP contribution is -2.31. The van der Waals surface area contributed by atoms with Crippen LogP contribution in [-0.4, -0.2) is 30.9 Å². The van der Waals surface area contributed by atoms with Crippen LogP contribution in [0.4, 0.5) is 0 Å². The molecule has 9 heteroatoms. The van der Waals surface area contributed by atoms with E-state index in [1.165, 1.54) is 27.5 Å². The third-order valence-corrected chi connectivity index (χ3v) is 6.10. The van der Waals surface area contributed by atoms with Gasteiger partial charge in [0, 0.05) is 25.6 Å². The number of nitrogens with zero attached hydrogens (tertiary/aromatic N) is 3. The minimum atomic E-state index is -0.535.